The Kier molecular flexibility index (Phi) is 6.88. The Labute approximate surface area is 168 Å². The molecule has 0 aliphatic carbocycles. The van der Waals surface area contributed by atoms with Crippen LogP contribution >= 0.6 is 0 Å². The predicted molar refractivity (Wildman–Crippen MR) is 110 cm³/mol. The molecule has 2 fully saturated rings. The van der Waals surface area contributed by atoms with Gasteiger partial charge in [-0.25, -0.2) is 0 Å². The van der Waals surface area contributed by atoms with Gasteiger partial charge in [-0.05, 0) is 50.9 Å². The van der Waals surface area contributed by atoms with Crippen LogP contribution in [0.3, 0.4) is 0 Å². The maximum atomic E-state index is 12.8. The van der Waals surface area contributed by atoms with Crippen LogP contribution in [-0.2, 0) is 9.59 Å². The fourth-order valence-corrected chi connectivity index (χ4v) is 4.38. The van der Waals surface area contributed by atoms with Crippen LogP contribution in [0.2, 0.25) is 0 Å². The summed E-state index contributed by atoms with van der Waals surface area (Å²) in [6, 6.07) is 4.03. The number of nitrogens with zero attached hydrogens (tertiary/aromatic N) is 5. The highest BCUT2D eigenvalue weighted by Crippen LogP contribution is 2.23. The van der Waals surface area contributed by atoms with E-state index in [-0.39, 0.29) is 17.9 Å². The highest BCUT2D eigenvalue weighted by Gasteiger charge is 2.36. The monoisotopic (exact) mass is 387 g/mol. The maximum absolute atomic E-state index is 12.8. The number of hydrogen-bond donors (Lipinski definition) is 0. The zero-order chi connectivity index (χ0) is 20.1. The summed E-state index contributed by atoms with van der Waals surface area (Å²) in [5.74, 6) is -0.248. The molecule has 28 heavy (non-hydrogen) atoms. The van der Waals surface area contributed by atoms with Crippen LogP contribution in [0.25, 0.3) is 0 Å². The van der Waals surface area contributed by atoms with Crippen molar-refractivity contribution < 1.29 is 9.59 Å². The normalized spacial score (nSPS) is 22.1. The zero-order valence-corrected chi connectivity index (χ0v) is 17.4. The number of hydrogen-bond acceptors (Lipinski definition) is 5. The van der Waals surface area contributed by atoms with Crippen molar-refractivity contribution in [2.24, 2.45) is 5.92 Å². The molecule has 154 valence electrons. The van der Waals surface area contributed by atoms with Crippen LogP contribution in [0.5, 0.6) is 0 Å². The van der Waals surface area contributed by atoms with Crippen LogP contribution in [0.1, 0.15) is 26.2 Å². The molecule has 2 saturated heterocycles. The van der Waals surface area contributed by atoms with Gasteiger partial charge in [0.15, 0.2) is 0 Å². The summed E-state index contributed by atoms with van der Waals surface area (Å²) in [6.45, 7) is 7.26. The Morgan fingerprint density at radius 3 is 2.61 bits per heavy atom. The predicted octanol–water partition coefficient (Wildman–Crippen LogP) is 1.31. The van der Waals surface area contributed by atoms with Gasteiger partial charge in [0.1, 0.15) is 0 Å². The molecular weight excluding hydrogens is 354 g/mol. The number of carbonyl (C=O) groups is 2. The van der Waals surface area contributed by atoms with Gasteiger partial charge in [0.25, 0.3) is 0 Å². The topological polar surface area (TPSA) is 60.0 Å². The Morgan fingerprint density at radius 1 is 1.14 bits per heavy atom. The summed E-state index contributed by atoms with van der Waals surface area (Å²) < 4.78 is 0. The first kappa shape index (κ1) is 20.6. The quantitative estimate of drug-likeness (QED) is 0.689. The second-order valence-electron chi connectivity index (χ2n) is 8.18. The van der Waals surface area contributed by atoms with Gasteiger partial charge in [-0.3, -0.25) is 14.6 Å². The minimum Gasteiger partial charge on any atom is -0.369 e. The SMILES string of the molecule is CCCN(C)CC1CCN(C(=O)C(=O)N(C)C2CCN(c3ccncc3)C2)C1. The lowest BCUT2D eigenvalue weighted by atomic mass is 10.1. The molecule has 2 amide bonds. The molecule has 3 rings (SSSR count). The summed E-state index contributed by atoms with van der Waals surface area (Å²) >= 11 is 0. The molecule has 0 spiro atoms. The number of anilines is 1. The fourth-order valence-electron chi connectivity index (χ4n) is 4.38. The smallest absolute Gasteiger partial charge is 0.312 e. The highest BCUT2D eigenvalue weighted by atomic mass is 16.2. The van der Waals surface area contributed by atoms with Crippen molar-refractivity contribution in [3.63, 3.8) is 0 Å². The van der Waals surface area contributed by atoms with Crippen molar-refractivity contribution in [1.82, 2.24) is 19.7 Å². The number of pyridine rings is 1. The minimum atomic E-state index is -0.371. The molecule has 1 aromatic heterocycles. The van der Waals surface area contributed by atoms with Gasteiger partial charge in [-0.15, -0.1) is 0 Å². The standard InChI is InChI=1S/C21H33N5O2/c1-4-11-23(2)14-17-7-12-26(15-17)21(28)20(27)24(3)19-8-13-25(16-19)18-5-9-22-10-6-18/h5-6,9-10,17,19H,4,7-8,11-16H2,1-3H3. The van der Waals surface area contributed by atoms with E-state index in [0.29, 0.717) is 19.0 Å². The molecule has 2 aliphatic heterocycles. The Hall–Kier alpha value is -2.15. The van der Waals surface area contributed by atoms with Gasteiger partial charge in [-0.1, -0.05) is 6.92 Å². The first-order valence-corrected chi connectivity index (χ1v) is 10.4. The van der Waals surface area contributed by atoms with E-state index in [1.807, 2.05) is 12.1 Å². The van der Waals surface area contributed by atoms with Crippen molar-refractivity contribution in [3.05, 3.63) is 24.5 Å². The first-order chi connectivity index (χ1) is 13.5. The van der Waals surface area contributed by atoms with Crippen LogP contribution in [0.4, 0.5) is 5.69 Å². The van der Waals surface area contributed by atoms with Crippen molar-refractivity contribution in [1.29, 1.82) is 0 Å². The number of carbonyl (C=O) groups excluding carboxylic acids is 2. The average molecular weight is 388 g/mol. The largest absolute Gasteiger partial charge is 0.369 e. The van der Waals surface area contributed by atoms with Gasteiger partial charge in [-0.2, -0.15) is 0 Å². The summed E-state index contributed by atoms with van der Waals surface area (Å²) in [4.78, 5) is 37.6. The fraction of sp³-hybridized carbons (Fsp3) is 0.667. The third kappa shape index (κ3) is 4.82. The number of rotatable bonds is 6. The molecule has 0 bridgehead atoms. The summed E-state index contributed by atoms with van der Waals surface area (Å²) in [6.07, 6.45) is 6.55. The molecule has 0 saturated carbocycles. The molecule has 2 unspecified atom stereocenters. The van der Waals surface area contributed by atoms with E-state index >= 15 is 0 Å². The van der Waals surface area contributed by atoms with Crippen molar-refractivity contribution in [3.8, 4) is 0 Å². The van der Waals surface area contributed by atoms with Crippen LogP contribution in [0.15, 0.2) is 24.5 Å². The van der Waals surface area contributed by atoms with E-state index < -0.39 is 0 Å². The van der Waals surface area contributed by atoms with Gasteiger partial charge < -0.3 is 19.6 Å². The van der Waals surface area contributed by atoms with Crippen molar-refractivity contribution in [2.75, 3.05) is 58.3 Å². The third-order valence-corrected chi connectivity index (χ3v) is 5.99. The van der Waals surface area contributed by atoms with Crippen molar-refractivity contribution in [2.45, 2.75) is 32.2 Å². The van der Waals surface area contributed by atoms with Crippen LogP contribution in [0, 0.1) is 5.92 Å². The van der Waals surface area contributed by atoms with E-state index in [2.05, 4.69) is 28.8 Å². The number of amides is 2. The molecule has 0 aromatic carbocycles. The zero-order valence-electron chi connectivity index (χ0n) is 17.4. The summed E-state index contributed by atoms with van der Waals surface area (Å²) in [7, 11) is 3.89. The van der Waals surface area contributed by atoms with Gasteiger partial charge >= 0.3 is 11.8 Å². The van der Waals surface area contributed by atoms with E-state index in [1.54, 1.807) is 29.2 Å². The lowest BCUT2D eigenvalue weighted by Crippen LogP contribution is -2.47. The second-order valence-corrected chi connectivity index (χ2v) is 8.18. The highest BCUT2D eigenvalue weighted by molar-refractivity contribution is 6.35. The molecule has 1 aromatic rings. The summed E-state index contributed by atoms with van der Waals surface area (Å²) in [5, 5.41) is 0. The molecular formula is C21H33N5O2. The van der Waals surface area contributed by atoms with E-state index in [0.717, 1.165) is 51.1 Å². The first-order valence-electron chi connectivity index (χ1n) is 10.4. The Bertz CT molecular complexity index is 668. The number of aromatic nitrogens is 1. The number of likely N-dealkylation sites (tertiary alicyclic amines) is 1. The average Bonchev–Trinajstić information content (AvgIpc) is 3.37. The lowest BCUT2D eigenvalue weighted by Gasteiger charge is -2.27. The number of likely N-dealkylation sites (N-methyl/N-ethyl adjacent to an activating group) is 1. The minimum absolute atomic E-state index is 0.0682. The second kappa shape index (κ2) is 9.37. The molecule has 3 heterocycles. The van der Waals surface area contributed by atoms with Crippen LogP contribution < -0.4 is 4.90 Å². The third-order valence-electron chi connectivity index (χ3n) is 5.99. The van der Waals surface area contributed by atoms with Crippen molar-refractivity contribution >= 4 is 17.5 Å². The Balaban J connectivity index is 1.50. The Morgan fingerprint density at radius 2 is 1.89 bits per heavy atom. The van der Waals surface area contributed by atoms with Gasteiger partial charge in [0.05, 0.1) is 6.04 Å². The van der Waals surface area contributed by atoms with Gasteiger partial charge in [0.2, 0.25) is 0 Å². The summed E-state index contributed by atoms with van der Waals surface area (Å²) in [5.41, 5.74) is 1.11. The van der Waals surface area contributed by atoms with E-state index in [4.69, 9.17) is 0 Å². The maximum Gasteiger partial charge on any atom is 0.312 e. The lowest BCUT2D eigenvalue weighted by molar-refractivity contribution is -0.151. The van der Waals surface area contributed by atoms with Crippen LogP contribution in [-0.4, -0.2) is 90.9 Å². The molecule has 0 radical (unpaired) electrons. The molecule has 2 aliphatic rings. The van der Waals surface area contributed by atoms with Gasteiger partial charge in [0, 0.05) is 57.9 Å². The van der Waals surface area contributed by atoms with E-state index in [1.165, 1.54) is 0 Å². The molecule has 2 atom stereocenters. The molecule has 0 N–H and O–H groups in total. The molecule has 7 nitrogen and oxygen atoms in total. The van der Waals surface area contributed by atoms with E-state index in [9.17, 15) is 9.59 Å². The molecule has 7 heteroatoms.